The predicted molar refractivity (Wildman–Crippen MR) is 92.7 cm³/mol. The molecule has 1 N–H and O–H groups in total. The summed E-state index contributed by atoms with van der Waals surface area (Å²) < 4.78 is 1.92. The van der Waals surface area contributed by atoms with Gasteiger partial charge in [0.1, 0.15) is 0 Å². The first-order valence-corrected chi connectivity index (χ1v) is 8.35. The van der Waals surface area contributed by atoms with Crippen LogP contribution >= 0.6 is 0 Å². The van der Waals surface area contributed by atoms with E-state index in [0.717, 1.165) is 38.4 Å². The zero-order valence-electron chi connectivity index (χ0n) is 14.1. The molecular formula is C18H26N4O. The van der Waals surface area contributed by atoms with E-state index in [0.29, 0.717) is 6.54 Å². The van der Waals surface area contributed by atoms with Crippen molar-refractivity contribution in [3.8, 4) is 0 Å². The minimum Gasteiger partial charge on any atom is -0.394 e. The fourth-order valence-corrected chi connectivity index (χ4v) is 3.30. The van der Waals surface area contributed by atoms with Gasteiger partial charge in [-0.1, -0.05) is 18.2 Å². The van der Waals surface area contributed by atoms with Crippen molar-refractivity contribution in [3.63, 3.8) is 0 Å². The second-order valence-electron chi connectivity index (χ2n) is 6.19. The molecule has 0 unspecified atom stereocenters. The lowest BCUT2D eigenvalue weighted by atomic mass is 10.1. The molecule has 124 valence electrons. The number of aromatic nitrogens is 2. The maximum atomic E-state index is 9.13. The molecule has 1 aromatic heterocycles. The SMILES string of the molecule is Cc1nn(CCO)c(C)c1CN1CCN(c2ccccc2)CC1. The molecule has 1 saturated heterocycles. The Bertz CT molecular complexity index is 630. The first kappa shape index (κ1) is 16.0. The van der Waals surface area contributed by atoms with Crippen LogP contribution in [0, 0.1) is 13.8 Å². The summed E-state index contributed by atoms with van der Waals surface area (Å²) in [5.74, 6) is 0. The van der Waals surface area contributed by atoms with Crippen LogP contribution < -0.4 is 4.90 Å². The van der Waals surface area contributed by atoms with E-state index in [-0.39, 0.29) is 6.61 Å². The Balaban J connectivity index is 1.61. The third kappa shape index (κ3) is 3.57. The molecular weight excluding hydrogens is 288 g/mol. The number of aliphatic hydroxyl groups excluding tert-OH is 1. The molecule has 0 saturated carbocycles. The lowest BCUT2D eigenvalue weighted by molar-refractivity contribution is 0.248. The molecule has 0 radical (unpaired) electrons. The van der Waals surface area contributed by atoms with Gasteiger partial charge in [0.05, 0.1) is 18.8 Å². The Morgan fingerprint density at radius 1 is 1.04 bits per heavy atom. The number of para-hydroxylation sites is 1. The normalized spacial score (nSPS) is 16.0. The molecule has 0 spiro atoms. The second kappa shape index (κ2) is 7.15. The number of piperazine rings is 1. The van der Waals surface area contributed by atoms with E-state index in [2.05, 4.69) is 59.1 Å². The van der Waals surface area contributed by atoms with E-state index in [1.807, 2.05) is 4.68 Å². The minimum atomic E-state index is 0.136. The van der Waals surface area contributed by atoms with Gasteiger partial charge >= 0.3 is 0 Å². The molecule has 23 heavy (non-hydrogen) atoms. The molecule has 1 fully saturated rings. The number of anilines is 1. The molecule has 1 aliphatic heterocycles. The third-order valence-corrected chi connectivity index (χ3v) is 4.72. The monoisotopic (exact) mass is 314 g/mol. The maximum Gasteiger partial charge on any atom is 0.0644 e. The molecule has 3 rings (SSSR count). The predicted octanol–water partition coefficient (Wildman–Crippen LogP) is 1.81. The van der Waals surface area contributed by atoms with Gasteiger partial charge in [0.15, 0.2) is 0 Å². The van der Waals surface area contributed by atoms with Crippen LogP contribution in [0.1, 0.15) is 17.0 Å². The van der Waals surface area contributed by atoms with Gasteiger partial charge < -0.3 is 10.0 Å². The van der Waals surface area contributed by atoms with E-state index in [1.54, 1.807) is 0 Å². The van der Waals surface area contributed by atoms with Crippen LogP contribution in [-0.4, -0.2) is 52.6 Å². The lowest BCUT2D eigenvalue weighted by Gasteiger charge is -2.36. The quantitative estimate of drug-likeness (QED) is 0.914. The van der Waals surface area contributed by atoms with Crippen LogP contribution in [0.15, 0.2) is 30.3 Å². The van der Waals surface area contributed by atoms with Crippen molar-refractivity contribution in [1.82, 2.24) is 14.7 Å². The lowest BCUT2D eigenvalue weighted by Crippen LogP contribution is -2.46. The number of aliphatic hydroxyl groups is 1. The summed E-state index contributed by atoms with van der Waals surface area (Å²) in [4.78, 5) is 4.95. The highest BCUT2D eigenvalue weighted by atomic mass is 16.3. The summed E-state index contributed by atoms with van der Waals surface area (Å²) in [5.41, 5.74) is 4.89. The van der Waals surface area contributed by atoms with Crippen molar-refractivity contribution < 1.29 is 5.11 Å². The fraction of sp³-hybridized carbons (Fsp3) is 0.500. The van der Waals surface area contributed by atoms with Crippen LogP contribution in [0.4, 0.5) is 5.69 Å². The van der Waals surface area contributed by atoms with Gasteiger partial charge in [0.25, 0.3) is 0 Å². The summed E-state index contributed by atoms with van der Waals surface area (Å²) in [7, 11) is 0. The first-order valence-electron chi connectivity index (χ1n) is 8.35. The van der Waals surface area contributed by atoms with Gasteiger partial charge in [-0.15, -0.1) is 0 Å². The Labute approximate surface area is 138 Å². The van der Waals surface area contributed by atoms with Crippen LogP contribution in [0.2, 0.25) is 0 Å². The highest BCUT2D eigenvalue weighted by Gasteiger charge is 2.20. The van der Waals surface area contributed by atoms with Crippen molar-refractivity contribution in [2.24, 2.45) is 0 Å². The van der Waals surface area contributed by atoms with Gasteiger partial charge in [-0.2, -0.15) is 5.10 Å². The zero-order chi connectivity index (χ0) is 16.2. The third-order valence-electron chi connectivity index (χ3n) is 4.72. The van der Waals surface area contributed by atoms with Crippen LogP contribution in [0.3, 0.4) is 0 Å². The Morgan fingerprint density at radius 3 is 2.39 bits per heavy atom. The van der Waals surface area contributed by atoms with Crippen molar-refractivity contribution >= 4 is 5.69 Å². The second-order valence-corrected chi connectivity index (χ2v) is 6.19. The number of hydrogen-bond acceptors (Lipinski definition) is 4. The summed E-state index contributed by atoms with van der Waals surface area (Å²) in [6.45, 7) is 10.1. The van der Waals surface area contributed by atoms with Crippen molar-refractivity contribution in [1.29, 1.82) is 0 Å². The Kier molecular flexibility index (Phi) is 4.98. The molecule has 5 heteroatoms. The van der Waals surface area contributed by atoms with Crippen molar-refractivity contribution in [3.05, 3.63) is 47.3 Å². The largest absolute Gasteiger partial charge is 0.394 e. The van der Waals surface area contributed by atoms with Gasteiger partial charge in [0, 0.05) is 49.7 Å². The number of nitrogens with zero attached hydrogens (tertiary/aromatic N) is 4. The topological polar surface area (TPSA) is 44.5 Å². The van der Waals surface area contributed by atoms with Gasteiger partial charge in [-0.3, -0.25) is 9.58 Å². The Hall–Kier alpha value is -1.85. The van der Waals surface area contributed by atoms with Gasteiger partial charge in [0.2, 0.25) is 0 Å². The number of benzene rings is 1. The fourth-order valence-electron chi connectivity index (χ4n) is 3.30. The van der Waals surface area contributed by atoms with Crippen LogP contribution in [0.25, 0.3) is 0 Å². The molecule has 2 aromatic rings. The molecule has 2 heterocycles. The molecule has 1 aromatic carbocycles. The van der Waals surface area contributed by atoms with E-state index in [4.69, 9.17) is 5.11 Å². The van der Waals surface area contributed by atoms with E-state index < -0.39 is 0 Å². The average Bonchev–Trinajstić information content (AvgIpc) is 2.84. The summed E-state index contributed by atoms with van der Waals surface area (Å²) in [6, 6.07) is 10.6. The molecule has 0 amide bonds. The van der Waals surface area contributed by atoms with Crippen LogP contribution in [0.5, 0.6) is 0 Å². The highest BCUT2D eigenvalue weighted by Crippen LogP contribution is 2.19. The highest BCUT2D eigenvalue weighted by molar-refractivity contribution is 5.46. The van der Waals surface area contributed by atoms with E-state index in [1.165, 1.54) is 16.9 Å². The smallest absolute Gasteiger partial charge is 0.0644 e. The number of aryl methyl sites for hydroxylation is 1. The first-order chi connectivity index (χ1) is 11.2. The molecule has 5 nitrogen and oxygen atoms in total. The average molecular weight is 314 g/mol. The molecule has 0 aliphatic carbocycles. The summed E-state index contributed by atoms with van der Waals surface area (Å²) in [6.07, 6.45) is 0. The Morgan fingerprint density at radius 2 is 1.74 bits per heavy atom. The van der Waals surface area contributed by atoms with E-state index >= 15 is 0 Å². The maximum absolute atomic E-state index is 9.13. The summed E-state index contributed by atoms with van der Waals surface area (Å²) in [5, 5.41) is 13.7. The molecule has 1 aliphatic rings. The molecule has 0 atom stereocenters. The summed E-state index contributed by atoms with van der Waals surface area (Å²) >= 11 is 0. The standard InChI is InChI=1S/C18H26N4O/c1-15-18(16(2)22(19-15)12-13-23)14-20-8-10-21(11-9-20)17-6-4-3-5-7-17/h3-7,23H,8-14H2,1-2H3. The van der Waals surface area contributed by atoms with Crippen molar-refractivity contribution in [2.75, 3.05) is 37.7 Å². The molecule has 0 bridgehead atoms. The number of rotatable bonds is 5. The van der Waals surface area contributed by atoms with E-state index in [9.17, 15) is 0 Å². The van der Waals surface area contributed by atoms with Crippen molar-refractivity contribution in [2.45, 2.75) is 26.9 Å². The van der Waals surface area contributed by atoms with Gasteiger partial charge in [-0.05, 0) is 26.0 Å². The number of hydrogen-bond donors (Lipinski definition) is 1. The minimum absolute atomic E-state index is 0.136. The van der Waals surface area contributed by atoms with Crippen LogP contribution in [-0.2, 0) is 13.1 Å². The zero-order valence-corrected chi connectivity index (χ0v) is 14.1. The van der Waals surface area contributed by atoms with Gasteiger partial charge in [-0.25, -0.2) is 0 Å².